The Morgan fingerprint density at radius 1 is 1.46 bits per heavy atom. The molecule has 0 aliphatic carbocycles. The molecule has 0 radical (unpaired) electrons. The summed E-state index contributed by atoms with van der Waals surface area (Å²) >= 11 is 0. The molecule has 5 heteroatoms. The molecule has 0 bridgehead atoms. The second-order valence-electron chi connectivity index (χ2n) is 3.33. The summed E-state index contributed by atoms with van der Waals surface area (Å²) in [5, 5.41) is 0. The van der Waals surface area contributed by atoms with Gasteiger partial charge in [0.1, 0.15) is 0 Å². The van der Waals surface area contributed by atoms with Crippen LogP contribution in [-0.2, 0) is 14.8 Å². The molecule has 0 aromatic carbocycles. The largest absolute Gasteiger partial charge is 0.375 e. The third kappa shape index (κ3) is 2.21. The van der Waals surface area contributed by atoms with Gasteiger partial charge in [-0.2, -0.15) is 4.31 Å². The third-order valence-corrected chi connectivity index (χ3v) is 4.51. The first-order valence-electron chi connectivity index (χ1n) is 4.60. The molecule has 1 fully saturated rings. The highest BCUT2D eigenvalue weighted by Crippen LogP contribution is 2.17. The average molecular weight is 207 g/mol. The summed E-state index contributed by atoms with van der Waals surface area (Å²) in [6, 6.07) is -0.0429. The van der Waals surface area contributed by atoms with E-state index in [1.165, 1.54) is 0 Å². The second-order valence-corrected chi connectivity index (χ2v) is 5.54. The van der Waals surface area contributed by atoms with E-state index in [-0.39, 0.29) is 17.9 Å². The number of ether oxygens (including phenoxy) is 1. The highest BCUT2D eigenvalue weighted by molar-refractivity contribution is 7.89. The van der Waals surface area contributed by atoms with E-state index < -0.39 is 10.0 Å². The molecule has 1 rings (SSSR count). The van der Waals surface area contributed by atoms with E-state index in [4.69, 9.17) is 4.74 Å². The molecule has 0 amide bonds. The van der Waals surface area contributed by atoms with Crippen molar-refractivity contribution in [2.24, 2.45) is 0 Å². The number of sulfonamides is 1. The molecule has 0 aromatic rings. The summed E-state index contributed by atoms with van der Waals surface area (Å²) in [6.45, 7) is 6.45. The van der Waals surface area contributed by atoms with Crippen molar-refractivity contribution in [2.75, 3.05) is 18.9 Å². The molecule has 2 unspecified atom stereocenters. The van der Waals surface area contributed by atoms with Crippen LogP contribution in [0.15, 0.2) is 0 Å². The molecular formula is C8H17NO3S. The SMILES string of the molecule is CCS(=O)(=O)N1CCOC(C)C1C. The topological polar surface area (TPSA) is 46.6 Å². The first-order chi connectivity index (χ1) is 5.99. The van der Waals surface area contributed by atoms with Crippen molar-refractivity contribution >= 4 is 10.0 Å². The molecule has 1 aliphatic heterocycles. The number of morpholine rings is 1. The molecule has 1 aliphatic rings. The lowest BCUT2D eigenvalue weighted by atomic mass is 10.2. The molecule has 2 atom stereocenters. The van der Waals surface area contributed by atoms with Crippen LogP contribution in [0.5, 0.6) is 0 Å². The highest BCUT2D eigenvalue weighted by Gasteiger charge is 2.32. The Balaban J connectivity index is 2.80. The fourth-order valence-electron chi connectivity index (χ4n) is 1.46. The van der Waals surface area contributed by atoms with Gasteiger partial charge in [0, 0.05) is 12.6 Å². The quantitative estimate of drug-likeness (QED) is 0.660. The Morgan fingerprint density at radius 2 is 2.08 bits per heavy atom. The van der Waals surface area contributed by atoms with Gasteiger partial charge in [0.05, 0.1) is 18.5 Å². The van der Waals surface area contributed by atoms with E-state index in [1.54, 1.807) is 11.2 Å². The summed E-state index contributed by atoms with van der Waals surface area (Å²) in [5.41, 5.74) is 0. The van der Waals surface area contributed by atoms with Crippen LogP contribution in [0.25, 0.3) is 0 Å². The van der Waals surface area contributed by atoms with Crippen molar-refractivity contribution in [3.8, 4) is 0 Å². The van der Waals surface area contributed by atoms with Crippen molar-refractivity contribution in [1.82, 2.24) is 4.31 Å². The predicted octanol–water partition coefficient (Wildman–Crippen LogP) is 0.445. The summed E-state index contributed by atoms with van der Waals surface area (Å²) in [7, 11) is -3.05. The molecule has 78 valence electrons. The Morgan fingerprint density at radius 3 is 2.62 bits per heavy atom. The Bertz CT molecular complexity index is 263. The van der Waals surface area contributed by atoms with E-state index >= 15 is 0 Å². The summed E-state index contributed by atoms with van der Waals surface area (Å²) in [5.74, 6) is 0.171. The van der Waals surface area contributed by atoms with Crippen LogP contribution in [0.2, 0.25) is 0 Å². The standard InChI is InChI=1S/C8H17NO3S/c1-4-13(10,11)9-5-6-12-8(3)7(9)2/h7-8H,4-6H2,1-3H3. The predicted molar refractivity (Wildman–Crippen MR) is 51.0 cm³/mol. The van der Waals surface area contributed by atoms with Gasteiger partial charge in [-0.1, -0.05) is 0 Å². The van der Waals surface area contributed by atoms with Crippen LogP contribution >= 0.6 is 0 Å². The zero-order chi connectivity index (χ0) is 10.1. The van der Waals surface area contributed by atoms with E-state index in [1.807, 2.05) is 13.8 Å². The molecule has 0 aromatic heterocycles. The molecule has 1 saturated heterocycles. The molecule has 4 nitrogen and oxygen atoms in total. The van der Waals surface area contributed by atoms with Crippen LogP contribution in [0.4, 0.5) is 0 Å². The van der Waals surface area contributed by atoms with Crippen molar-refractivity contribution in [3.63, 3.8) is 0 Å². The molecule has 1 heterocycles. The van der Waals surface area contributed by atoms with Gasteiger partial charge in [-0.3, -0.25) is 0 Å². The maximum absolute atomic E-state index is 11.6. The number of hydrogen-bond donors (Lipinski definition) is 0. The van der Waals surface area contributed by atoms with Crippen molar-refractivity contribution in [2.45, 2.75) is 32.9 Å². The lowest BCUT2D eigenvalue weighted by Crippen LogP contribution is -2.51. The number of nitrogens with zero attached hydrogens (tertiary/aromatic N) is 1. The van der Waals surface area contributed by atoms with Gasteiger partial charge in [-0.15, -0.1) is 0 Å². The molecule has 0 spiro atoms. The van der Waals surface area contributed by atoms with Gasteiger partial charge in [-0.25, -0.2) is 8.42 Å². The lowest BCUT2D eigenvalue weighted by molar-refractivity contribution is -0.0231. The second kappa shape index (κ2) is 3.94. The molecule has 0 N–H and O–H groups in total. The first kappa shape index (κ1) is 10.9. The van der Waals surface area contributed by atoms with E-state index in [9.17, 15) is 8.42 Å². The van der Waals surface area contributed by atoms with Gasteiger partial charge < -0.3 is 4.74 Å². The summed E-state index contributed by atoms with van der Waals surface area (Å²) < 4.78 is 30.1. The van der Waals surface area contributed by atoms with E-state index in [0.29, 0.717) is 13.2 Å². The fourth-order valence-corrected chi connectivity index (χ4v) is 2.83. The highest BCUT2D eigenvalue weighted by atomic mass is 32.2. The van der Waals surface area contributed by atoms with Crippen LogP contribution in [0.3, 0.4) is 0 Å². The van der Waals surface area contributed by atoms with E-state index in [0.717, 1.165) is 0 Å². The fraction of sp³-hybridized carbons (Fsp3) is 1.00. The lowest BCUT2D eigenvalue weighted by Gasteiger charge is -2.36. The number of rotatable bonds is 2. The van der Waals surface area contributed by atoms with Crippen molar-refractivity contribution in [3.05, 3.63) is 0 Å². The Labute approximate surface area is 79.9 Å². The minimum atomic E-state index is -3.05. The normalized spacial score (nSPS) is 31.9. The van der Waals surface area contributed by atoms with Gasteiger partial charge in [0.15, 0.2) is 0 Å². The maximum atomic E-state index is 11.6. The zero-order valence-corrected chi connectivity index (χ0v) is 9.17. The summed E-state index contributed by atoms with van der Waals surface area (Å²) in [6.07, 6.45) is -0.00456. The van der Waals surface area contributed by atoms with Gasteiger partial charge in [0.2, 0.25) is 10.0 Å². The minimum Gasteiger partial charge on any atom is -0.375 e. The molecular weight excluding hydrogens is 190 g/mol. The Hall–Kier alpha value is -0.130. The van der Waals surface area contributed by atoms with Crippen LogP contribution in [0.1, 0.15) is 20.8 Å². The first-order valence-corrected chi connectivity index (χ1v) is 6.21. The minimum absolute atomic E-state index is 0.00456. The monoisotopic (exact) mass is 207 g/mol. The van der Waals surface area contributed by atoms with Gasteiger partial charge >= 0.3 is 0 Å². The molecule has 13 heavy (non-hydrogen) atoms. The molecule has 0 saturated carbocycles. The summed E-state index contributed by atoms with van der Waals surface area (Å²) in [4.78, 5) is 0. The average Bonchev–Trinajstić information content (AvgIpc) is 2.09. The van der Waals surface area contributed by atoms with Crippen LogP contribution < -0.4 is 0 Å². The Kier molecular flexibility index (Phi) is 3.32. The van der Waals surface area contributed by atoms with Crippen molar-refractivity contribution < 1.29 is 13.2 Å². The van der Waals surface area contributed by atoms with Gasteiger partial charge in [0.25, 0.3) is 0 Å². The van der Waals surface area contributed by atoms with Gasteiger partial charge in [-0.05, 0) is 20.8 Å². The van der Waals surface area contributed by atoms with E-state index in [2.05, 4.69) is 0 Å². The van der Waals surface area contributed by atoms with Crippen molar-refractivity contribution in [1.29, 1.82) is 0 Å². The maximum Gasteiger partial charge on any atom is 0.214 e. The van der Waals surface area contributed by atoms with Crippen LogP contribution in [-0.4, -0.2) is 43.8 Å². The third-order valence-electron chi connectivity index (χ3n) is 2.55. The number of hydrogen-bond acceptors (Lipinski definition) is 3. The van der Waals surface area contributed by atoms with Crippen LogP contribution in [0, 0.1) is 0 Å². The smallest absolute Gasteiger partial charge is 0.214 e. The zero-order valence-electron chi connectivity index (χ0n) is 8.36.